The second-order valence-electron chi connectivity index (χ2n) is 9.97. The third-order valence-electron chi connectivity index (χ3n) is 7.18. The van der Waals surface area contributed by atoms with E-state index >= 15 is 0 Å². The quantitative estimate of drug-likeness (QED) is 0.119. The zero-order chi connectivity index (χ0) is 25.2. The summed E-state index contributed by atoms with van der Waals surface area (Å²) in [6.45, 7) is 9.04. The molecule has 3 rings (SSSR count). The predicted molar refractivity (Wildman–Crippen MR) is 152 cm³/mol. The molecule has 0 bridgehead atoms. The maximum atomic E-state index is 12.7. The summed E-state index contributed by atoms with van der Waals surface area (Å²) in [7, 11) is 0.803. The van der Waals surface area contributed by atoms with Crippen LogP contribution in [0.4, 0.5) is 4.79 Å². The molecule has 2 aliphatic heterocycles. The van der Waals surface area contributed by atoms with Gasteiger partial charge in [0.15, 0.2) is 0 Å². The number of quaternary nitrogens is 1. The lowest BCUT2D eigenvalue weighted by molar-refractivity contribution is -0.775. The fourth-order valence-corrected chi connectivity index (χ4v) is 10.4. The van der Waals surface area contributed by atoms with Crippen LogP contribution in [-0.4, -0.2) is 61.4 Å². The summed E-state index contributed by atoms with van der Waals surface area (Å²) in [4.78, 5) is 12.7. The number of thioether (sulfide) groups is 1. The van der Waals surface area contributed by atoms with E-state index in [1.165, 1.54) is 86.9 Å². The van der Waals surface area contributed by atoms with Crippen LogP contribution in [0.1, 0.15) is 97.1 Å². The minimum absolute atomic E-state index is 0.0853. The fourth-order valence-electron chi connectivity index (χ4n) is 5.08. The molecule has 0 N–H and O–H groups in total. The number of unbranched alkanes of at least 4 members (excludes halogenated alkanes) is 7. The summed E-state index contributed by atoms with van der Waals surface area (Å²) in [5.74, 6) is 2.49. The standard InChI is InChI=1S/C26H46N3O3S3/c1-5-8-10-12-13-17-23-21-35(23,32-26(30)33-7-3)29(4)18-15-16-22(20-29)24-25(28-34-27-24)31-19-14-11-9-6-2/h16,23H,5-15,17-21H2,1-4H3/q+1. The number of aromatic nitrogens is 2. The van der Waals surface area contributed by atoms with E-state index in [0.717, 1.165) is 47.0 Å². The maximum absolute atomic E-state index is 12.7. The Hall–Kier alpha value is -0.770. The van der Waals surface area contributed by atoms with Gasteiger partial charge in [-0.05, 0) is 24.6 Å². The molecule has 3 heterocycles. The largest absolute Gasteiger partial charge is 0.475 e. The fraction of sp³-hybridized carbons (Fsp3) is 0.808. The Kier molecular flexibility index (Phi) is 11.7. The average molecular weight is 545 g/mol. The molecule has 6 nitrogen and oxygen atoms in total. The second-order valence-corrected chi connectivity index (χ2v) is 15.1. The molecule has 1 fully saturated rings. The first-order chi connectivity index (χ1) is 17.0. The van der Waals surface area contributed by atoms with Gasteiger partial charge in [-0.15, -0.1) is 4.37 Å². The van der Waals surface area contributed by atoms with Gasteiger partial charge >= 0.3 is 5.30 Å². The number of carbonyl (C=O) groups excluding carboxylic acids is 1. The van der Waals surface area contributed by atoms with Gasteiger partial charge in [-0.25, -0.2) is 4.79 Å². The van der Waals surface area contributed by atoms with Gasteiger partial charge in [0.1, 0.15) is 12.2 Å². The van der Waals surface area contributed by atoms with Gasteiger partial charge < -0.3 is 8.92 Å². The molecule has 3 atom stereocenters. The Bertz CT molecular complexity index is 834. The number of likely N-dealkylation sites (N-methyl/N-ethyl adjacent to an activating group) is 1. The first-order valence-electron chi connectivity index (χ1n) is 13.6. The average Bonchev–Trinajstić information content (AvgIpc) is 3.33. The molecule has 3 unspecified atom stereocenters. The Morgan fingerprint density at radius 1 is 1.11 bits per heavy atom. The first-order valence-corrected chi connectivity index (χ1v) is 17.1. The van der Waals surface area contributed by atoms with Crippen LogP contribution in [0.15, 0.2) is 6.08 Å². The number of nitrogens with zero attached hydrogens (tertiary/aromatic N) is 3. The Morgan fingerprint density at radius 2 is 1.86 bits per heavy atom. The van der Waals surface area contributed by atoms with Gasteiger partial charge in [-0.3, -0.25) is 3.89 Å². The minimum Gasteiger partial charge on any atom is -0.475 e. The van der Waals surface area contributed by atoms with Crippen molar-refractivity contribution in [2.24, 2.45) is 0 Å². The summed E-state index contributed by atoms with van der Waals surface area (Å²) in [6, 6.07) is 0. The minimum atomic E-state index is -1.51. The highest BCUT2D eigenvalue weighted by Gasteiger charge is 2.66. The van der Waals surface area contributed by atoms with Crippen LogP contribution < -0.4 is 4.74 Å². The monoisotopic (exact) mass is 544 g/mol. The molecule has 2 aliphatic rings. The van der Waals surface area contributed by atoms with Crippen LogP contribution in [0.2, 0.25) is 0 Å². The normalized spacial score (nSPS) is 27.7. The zero-order valence-electron chi connectivity index (χ0n) is 22.3. The third-order valence-corrected chi connectivity index (χ3v) is 12.5. The molecular formula is C26H46N3O3S3+. The molecule has 1 saturated heterocycles. The number of ether oxygens (including phenoxy) is 1. The van der Waals surface area contributed by atoms with E-state index in [2.05, 4.69) is 35.7 Å². The van der Waals surface area contributed by atoms with E-state index < -0.39 is 10.5 Å². The Labute approximate surface area is 223 Å². The molecule has 1 aromatic rings. The number of carbonyl (C=O) groups is 1. The van der Waals surface area contributed by atoms with Crippen LogP contribution >= 0.6 is 34.0 Å². The lowest BCUT2D eigenvalue weighted by Gasteiger charge is -2.46. The van der Waals surface area contributed by atoms with Crippen molar-refractivity contribution < 1.29 is 17.6 Å². The van der Waals surface area contributed by atoms with Crippen molar-refractivity contribution in [2.45, 2.75) is 96.7 Å². The molecule has 200 valence electrons. The van der Waals surface area contributed by atoms with E-state index in [-0.39, 0.29) is 5.30 Å². The zero-order valence-corrected chi connectivity index (χ0v) is 24.7. The summed E-state index contributed by atoms with van der Waals surface area (Å²) in [5, 5.41) is 0.440. The molecule has 0 aromatic carbocycles. The van der Waals surface area contributed by atoms with Crippen LogP contribution in [-0.2, 0) is 4.18 Å². The lowest BCUT2D eigenvalue weighted by atomic mass is 10.1. The van der Waals surface area contributed by atoms with Crippen LogP contribution in [0, 0.1) is 0 Å². The maximum Gasteiger partial charge on any atom is 0.381 e. The summed E-state index contributed by atoms with van der Waals surface area (Å²) in [6.07, 6.45) is 15.6. The van der Waals surface area contributed by atoms with Crippen molar-refractivity contribution in [3.8, 4) is 5.88 Å². The van der Waals surface area contributed by atoms with E-state index in [1.807, 2.05) is 6.92 Å². The third kappa shape index (κ3) is 7.62. The van der Waals surface area contributed by atoms with Crippen molar-refractivity contribution in [3.05, 3.63) is 11.8 Å². The van der Waals surface area contributed by atoms with Gasteiger partial charge in [0, 0.05) is 17.7 Å². The molecule has 0 saturated carbocycles. The van der Waals surface area contributed by atoms with Crippen molar-refractivity contribution in [1.82, 2.24) is 8.75 Å². The van der Waals surface area contributed by atoms with Crippen LogP contribution in [0.3, 0.4) is 0 Å². The topological polar surface area (TPSA) is 61.3 Å². The highest BCUT2D eigenvalue weighted by Crippen LogP contribution is 2.76. The van der Waals surface area contributed by atoms with Crippen molar-refractivity contribution in [1.29, 1.82) is 0 Å². The van der Waals surface area contributed by atoms with Crippen molar-refractivity contribution >= 4 is 44.9 Å². The molecule has 0 spiro atoms. The van der Waals surface area contributed by atoms with E-state index in [9.17, 15) is 4.79 Å². The Balaban J connectivity index is 1.68. The van der Waals surface area contributed by atoms with Gasteiger partial charge in [0.2, 0.25) is 0 Å². The molecule has 0 aliphatic carbocycles. The summed E-state index contributed by atoms with van der Waals surface area (Å²) < 4.78 is 22.4. The highest BCUT2D eigenvalue weighted by atomic mass is 32.3. The molecule has 35 heavy (non-hydrogen) atoms. The number of rotatable bonds is 16. The van der Waals surface area contributed by atoms with Gasteiger partial charge in [0.05, 0.1) is 53.4 Å². The smallest absolute Gasteiger partial charge is 0.381 e. The van der Waals surface area contributed by atoms with Crippen LogP contribution in [0.25, 0.3) is 5.57 Å². The van der Waals surface area contributed by atoms with Crippen molar-refractivity contribution in [2.75, 3.05) is 38.2 Å². The van der Waals surface area contributed by atoms with Gasteiger partial charge in [-0.1, -0.05) is 78.2 Å². The molecule has 9 heteroatoms. The van der Waals surface area contributed by atoms with Crippen molar-refractivity contribution in [3.63, 3.8) is 0 Å². The lowest BCUT2D eigenvalue weighted by Crippen LogP contribution is -2.47. The highest BCUT2D eigenvalue weighted by molar-refractivity contribution is 8.32. The van der Waals surface area contributed by atoms with E-state index in [0.29, 0.717) is 17.7 Å². The molecule has 0 amide bonds. The van der Waals surface area contributed by atoms with Gasteiger partial charge in [-0.2, -0.15) is 4.37 Å². The second kappa shape index (κ2) is 14.2. The van der Waals surface area contributed by atoms with E-state index in [1.54, 1.807) is 0 Å². The van der Waals surface area contributed by atoms with Crippen LogP contribution in [0.5, 0.6) is 5.88 Å². The van der Waals surface area contributed by atoms with E-state index in [4.69, 9.17) is 8.92 Å². The first kappa shape index (κ1) is 28.8. The number of hydrogen-bond acceptors (Lipinski definition) is 7. The predicted octanol–water partition coefficient (Wildman–Crippen LogP) is 8.00. The summed E-state index contributed by atoms with van der Waals surface area (Å²) in [5.41, 5.74) is 2.10. The Morgan fingerprint density at radius 3 is 2.60 bits per heavy atom. The summed E-state index contributed by atoms with van der Waals surface area (Å²) >= 11 is 2.54. The molecule has 0 radical (unpaired) electrons. The number of hydrogen-bond donors (Lipinski definition) is 0. The molecular weight excluding hydrogens is 499 g/mol. The molecule has 1 aromatic heterocycles. The SMILES string of the molecule is CCCCCCCC1CS1(OC(=O)SCC)[N+]1(C)CCC=C(c2nsnc2OCCCCCC)C1. The van der Waals surface area contributed by atoms with Gasteiger partial charge in [0.25, 0.3) is 5.88 Å².